The molecule has 1 saturated heterocycles. The van der Waals surface area contributed by atoms with Crippen LogP contribution in [-0.2, 0) is 6.54 Å². The Balaban J connectivity index is 2.13. The molecule has 0 radical (unpaired) electrons. The van der Waals surface area contributed by atoms with Gasteiger partial charge in [0.25, 0.3) is 0 Å². The number of amidine groups is 1. The van der Waals surface area contributed by atoms with Crippen LogP contribution in [0, 0.1) is 11.2 Å². The third-order valence-electron chi connectivity index (χ3n) is 3.08. The molecule has 1 aromatic carbocycles. The second-order valence-electron chi connectivity index (χ2n) is 4.43. The van der Waals surface area contributed by atoms with Crippen molar-refractivity contribution >= 4 is 17.6 Å². The van der Waals surface area contributed by atoms with E-state index in [9.17, 15) is 4.39 Å². The third kappa shape index (κ3) is 3.23. The van der Waals surface area contributed by atoms with Gasteiger partial charge in [0.05, 0.1) is 5.56 Å². The van der Waals surface area contributed by atoms with Crippen LogP contribution in [0.3, 0.4) is 0 Å². The zero-order valence-electron chi connectivity index (χ0n) is 10.3. The normalized spacial score (nSPS) is 17.4. The highest BCUT2D eigenvalue weighted by molar-refractivity contribution is 7.99. The van der Waals surface area contributed by atoms with Gasteiger partial charge in [-0.15, -0.1) is 0 Å². The van der Waals surface area contributed by atoms with E-state index in [0.29, 0.717) is 12.1 Å². The number of nitrogen functional groups attached to an aromatic ring is 1. The zero-order chi connectivity index (χ0) is 13.0. The van der Waals surface area contributed by atoms with E-state index in [0.717, 1.165) is 25.3 Å². The fourth-order valence-corrected chi connectivity index (χ4v) is 3.03. The molecular formula is C13H18FN3S. The summed E-state index contributed by atoms with van der Waals surface area (Å²) in [7, 11) is 0. The predicted octanol–water partition coefficient (Wildman–Crippen LogP) is 2.05. The van der Waals surface area contributed by atoms with Crippen molar-refractivity contribution in [2.45, 2.75) is 13.0 Å². The van der Waals surface area contributed by atoms with Crippen molar-refractivity contribution in [3.05, 3.63) is 35.1 Å². The number of nitrogens with zero attached hydrogens (tertiary/aromatic N) is 1. The molecule has 98 valence electrons. The predicted molar refractivity (Wildman–Crippen MR) is 74.6 cm³/mol. The molecule has 5 heteroatoms. The van der Waals surface area contributed by atoms with Crippen LogP contribution in [-0.4, -0.2) is 35.3 Å². The van der Waals surface area contributed by atoms with Crippen molar-refractivity contribution in [3.8, 4) is 0 Å². The van der Waals surface area contributed by atoms with Crippen LogP contribution >= 0.6 is 11.8 Å². The summed E-state index contributed by atoms with van der Waals surface area (Å²) < 4.78 is 14.1. The number of hydrogen-bond acceptors (Lipinski definition) is 3. The van der Waals surface area contributed by atoms with Crippen LogP contribution < -0.4 is 5.73 Å². The highest BCUT2D eigenvalue weighted by Crippen LogP contribution is 2.17. The maximum atomic E-state index is 14.1. The lowest BCUT2D eigenvalue weighted by atomic mass is 10.1. The average Bonchev–Trinajstić information content (AvgIpc) is 2.60. The molecule has 2 rings (SSSR count). The van der Waals surface area contributed by atoms with Crippen molar-refractivity contribution < 1.29 is 4.39 Å². The fourth-order valence-electron chi connectivity index (χ4n) is 2.11. The van der Waals surface area contributed by atoms with Crippen LogP contribution in [0.1, 0.15) is 17.5 Å². The lowest BCUT2D eigenvalue weighted by molar-refractivity contribution is 0.283. The molecule has 0 saturated carbocycles. The van der Waals surface area contributed by atoms with Crippen LogP contribution in [0.25, 0.3) is 0 Å². The van der Waals surface area contributed by atoms with Crippen molar-refractivity contribution in [1.82, 2.24) is 4.90 Å². The van der Waals surface area contributed by atoms with Gasteiger partial charge in [0.2, 0.25) is 0 Å². The van der Waals surface area contributed by atoms with Gasteiger partial charge in [-0.3, -0.25) is 10.3 Å². The molecule has 0 spiro atoms. The Morgan fingerprint density at radius 1 is 1.39 bits per heavy atom. The molecule has 1 aliphatic rings. The number of nitrogens with two attached hydrogens (primary N) is 1. The van der Waals surface area contributed by atoms with Crippen molar-refractivity contribution in [2.75, 3.05) is 24.6 Å². The Morgan fingerprint density at radius 2 is 2.22 bits per heavy atom. The first-order chi connectivity index (χ1) is 8.68. The molecule has 0 aromatic heterocycles. The lowest BCUT2D eigenvalue weighted by Crippen LogP contribution is -2.26. The SMILES string of the molecule is N=C(N)c1cccc(CN2CCCSCC2)c1F. The van der Waals surface area contributed by atoms with Crippen molar-refractivity contribution in [2.24, 2.45) is 5.73 Å². The standard InChI is InChI=1S/C13H18FN3S/c14-12-10(3-1-4-11(12)13(15)16)9-17-5-2-7-18-8-6-17/h1,3-4H,2,5-9H2,(H3,15,16). The third-order valence-corrected chi connectivity index (χ3v) is 4.13. The first-order valence-electron chi connectivity index (χ1n) is 6.10. The van der Waals surface area contributed by atoms with E-state index in [2.05, 4.69) is 4.90 Å². The summed E-state index contributed by atoms with van der Waals surface area (Å²) in [5.74, 6) is 1.74. The first kappa shape index (κ1) is 13.4. The molecule has 0 aliphatic carbocycles. The van der Waals surface area contributed by atoms with Crippen molar-refractivity contribution in [1.29, 1.82) is 5.41 Å². The highest BCUT2D eigenvalue weighted by Gasteiger charge is 2.14. The molecule has 0 amide bonds. The maximum Gasteiger partial charge on any atom is 0.138 e. The Hall–Kier alpha value is -1.07. The molecular weight excluding hydrogens is 249 g/mol. The summed E-state index contributed by atoms with van der Waals surface area (Å²) in [5.41, 5.74) is 6.21. The number of benzene rings is 1. The van der Waals surface area contributed by atoms with Gasteiger partial charge in [0, 0.05) is 24.4 Å². The van der Waals surface area contributed by atoms with E-state index < -0.39 is 0 Å². The van der Waals surface area contributed by atoms with Gasteiger partial charge >= 0.3 is 0 Å². The molecule has 1 heterocycles. The smallest absolute Gasteiger partial charge is 0.138 e. The summed E-state index contributed by atoms with van der Waals surface area (Å²) in [6.07, 6.45) is 1.15. The summed E-state index contributed by atoms with van der Waals surface area (Å²) in [4.78, 5) is 2.27. The van der Waals surface area contributed by atoms with E-state index >= 15 is 0 Å². The fraction of sp³-hybridized carbons (Fsp3) is 0.462. The Morgan fingerprint density at radius 3 is 3.00 bits per heavy atom. The van der Waals surface area contributed by atoms with Gasteiger partial charge in [-0.05, 0) is 24.8 Å². The van der Waals surface area contributed by atoms with Crippen molar-refractivity contribution in [3.63, 3.8) is 0 Å². The molecule has 0 unspecified atom stereocenters. The minimum Gasteiger partial charge on any atom is -0.384 e. The first-order valence-corrected chi connectivity index (χ1v) is 7.26. The minimum atomic E-state index is -0.345. The van der Waals surface area contributed by atoms with E-state index in [1.165, 1.54) is 5.75 Å². The second kappa shape index (κ2) is 6.20. The van der Waals surface area contributed by atoms with E-state index in [4.69, 9.17) is 11.1 Å². The van der Waals surface area contributed by atoms with Gasteiger partial charge in [0.15, 0.2) is 0 Å². The Kier molecular flexibility index (Phi) is 4.60. The molecule has 0 atom stereocenters. The number of nitrogens with one attached hydrogen (secondary N) is 1. The number of hydrogen-bond donors (Lipinski definition) is 2. The average molecular weight is 267 g/mol. The topological polar surface area (TPSA) is 53.1 Å². The molecule has 18 heavy (non-hydrogen) atoms. The van der Waals surface area contributed by atoms with Crippen LogP contribution in [0.5, 0.6) is 0 Å². The monoisotopic (exact) mass is 267 g/mol. The van der Waals surface area contributed by atoms with Crippen LogP contribution in [0.2, 0.25) is 0 Å². The molecule has 0 bridgehead atoms. The lowest BCUT2D eigenvalue weighted by Gasteiger charge is -2.20. The maximum absolute atomic E-state index is 14.1. The van der Waals surface area contributed by atoms with E-state index in [-0.39, 0.29) is 17.2 Å². The molecule has 3 nitrogen and oxygen atoms in total. The van der Waals surface area contributed by atoms with Gasteiger partial charge in [-0.1, -0.05) is 12.1 Å². The molecule has 3 N–H and O–H groups in total. The Bertz CT molecular complexity index is 428. The number of thioether (sulfide) groups is 1. The summed E-state index contributed by atoms with van der Waals surface area (Å²) >= 11 is 1.95. The minimum absolute atomic E-state index is 0.205. The number of halogens is 1. The molecule has 1 aromatic rings. The highest BCUT2D eigenvalue weighted by atomic mass is 32.2. The summed E-state index contributed by atoms with van der Waals surface area (Å²) in [5, 5.41) is 7.35. The summed E-state index contributed by atoms with van der Waals surface area (Å²) in [6, 6.07) is 5.10. The van der Waals surface area contributed by atoms with E-state index in [1.54, 1.807) is 18.2 Å². The van der Waals surface area contributed by atoms with Crippen LogP contribution in [0.15, 0.2) is 18.2 Å². The largest absolute Gasteiger partial charge is 0.384 e. The Labute approximate surface area is 111 Å². The molecule has 1 aliphatic heterocycles. The quantitative estimate of drug-likeness (QED) is 0.651. The van der Waals surface area contributed by atoms with Gasteiger partial charge < -0.3 is 5.73 Å². The second-order valence-corrected chi connectivity index (χ2v) is 5.66. The van der Waals surface area contributed by atoms with Crippen LogP contribution in [0.4, 0.5) is 4.39 Å². The zero-order valence-corrected chi connectivity index (χ0v) is 11.1. The van der Waals surface area contributed by atoms with Gasteiger partial charge in [-0.25, -0.2) is 4.39 Å². The summed E-state index contributed by atoms with van der Waals surface area (Å²) in [6.45, 7) is 2.61. The number of rotatable bonds is 3. The van der Waals surface area contributed by atoms with E-state index in [1.807, 2.05) is 11.8 Å². The van der Waals surface area contributed by atoms with Gasteiger partial charge in [-0.2, -0.15) is 11.8 Å². The van der Waals surface area contributed by atoms with Gasteiger partial charge in [0.1, 0.15) is 11.7 Å². The molecule has 1 fully saturated rings.